The van der Waals surface area contributed by atoms with E-state index in [4.69, 9.17) is 10.00 Å². The molecule has 1 atom stereocenters. The fourth-order valence-electron chi connectivity index (χ4n) is 3.50. The van der Waals surface area contributed by atoms with Crippen LogP contribution < -0.4 is 10.3 Å². The number of hydrogen-bond acceptors (Lipinski definition) is 4. The van der Waals surface area contributed by atoms with Crippen molar-refractivity contribution in [1.29, 1.82) is 10.5 Å². The first-order chi connectivity index (χ1) is 14.0. The molecular weight excluding hydrogens is 362 g/mol. The van der Waals surface area contributed by atoms with Crippen molar-refractivity contribution in [2.75, 3.05) is 6.61 Å². The third-order valence-corrected chi connectivity index (χ3v) is 5.45. The highest BCUT2D eigenvalue weighted by molar-refractivity contribution is 5.80. The number of rotatable bonds is 7. The normalized spacial score (nSPS) is 12.7. The van der Waals surface area contributed by atoms with Gasteiger partial charge in [-0.15, -0.1) is 0 Å². The highest BCUT2D eigenvalue weighted by atomic mass is 16.5. The van der Waals surface area contributed by atoms with Gasteiger partial charge in [0.05, 0.1) is 29.7 Å². The van der Waals surface area contributed by atoms with Crippen molar-refractivity contribution in [3.63, 3.8) is 0 Å². The predicted octanol–water partition coefficient (Wildman–Crippen LogP) is 4.60. The van der Waals surface area contributed by atoms with E-state index in [-0.39, 0.29) is 5.56 Å². The van der Waals surface area contributed by atoms with Gasteiger partial charge in [-0.2, -0.15) is 10.5 Å². The van der Waals surface area contributed by atoms with E-state index >= 15 is 0 Å². The van der Waals surface area contributed by atoms with Crippen LogP contribution in [-0.2, 0) is 11.8 Å². The molecule has 2 aromatic carbocycles. The van der Waals surface area contributed by atoms with E-state index in [0.717, 1.165) is 22.0 Å². The van der Waals surface area contributed by atoms with Crippen LogP contribution in [0, 0.1) is 22.7 Å². The molecular formula is C24H23N3O2. The number of aromatic amines is 1. The number of nitrogens with one attached hydrogen (secondary N) is 1. The van der Waals surface area contributed by atoms with E-state index in [1.54, 1.807) is 24.3 Å². The lowest BCUT2D eigenvalue weighted by Crippen LogP contribution is -2.26. The summed E-state index contributed by atoms with van der Waals surface area (Å²) in [5.74, 6) is 0.668. The van der Waals surface area contributed by atoms with Crippen molar-refractivity contribution in [2.24, 2.45) is 0 Å². The maximum atomic E-state index is 12.2. The number of hydrogen-bond donors (Lipinski definition) is 1. The van der Waals surface area contributed by atoms with Gasteiger partial charge in [0.25, 0.3) is 5.56 Å². The fourth-order valence-corrected chi connectivity index (χ4v) is 3.50. The lowest BCUT2D eigenvalue weighted by molar-refractivity contribution is 0.276. The number of H-pyrrole nitrogens is 1. The molecule has 0 spiro atoms. The summed E-state index contributed by atoms with van der Waals surface area (Å²) >= 11 is 0. The smallest absolute Gasteiger partial charge is 0.251 e. The van der Waals surface area contributed by atoms with Crippen molar-refractivity contribution >= 4 is 10.9 Å². The Kier molecular flexibility index (Phi) is 6.00. The molecule has 0 aliphatic rings. The minimum absolute atomic E-state index is 0.0830. The highest BCUT2D eigenvalue weighted by Gasteiger charge is 2.30. The quantitative estimate of drug-likeness (QED) is 0.643. The first-order valence-corrected chi connectivity index (χ1v) is 9.76. The van der Waals surface area contributed by atoms with Gasteiger partial charge < -0.3 is 9.72 Å². The number of benzene rings is 2. The Hall–Kier alpha value is -3.57. The average Bonchev–Trinajstić information content (AvgIpc) is 2.76. The molecule has 1 heterocycles. The zero-order valence-electron chi connectivity index (χ0n) is 16.7. The van der Waals surface area contributed by atoms with Gasteiger partial charge >= 0.3 is 0 Å². The SMILES string of the molecule is CCc1cc2ccc(C(C#N)(CC)CCOc3ccc(C#N)cc3)cc2[nH]c1=O. The average molecular weight is 385 g/mol. The largest absolute Gasteiger partial charge is 0.494 e. The molecule has 0 saturated carbocycles. The lowest BCUT2D eigenvalue weighted by atomic mass is 9.76. The number of aryl methyl sites for hydroxylation is 1. The van der Waals surface area contributed by atoms with Crippen molar-refractivity contribution in [1.82, 2.24) is 4.98 Å². The van der Waals surface area contributed by atoms with Gasteiger partial charge in [0.1, 0.15) is 5.75 Å². The Morgan fingerprint density at radius 2 is 1.83 bits per heavy atom. The fraction of sp³-hybridized carbons (Fsp3) is 0.292. The van der Waals surface area contributed by atoms with Crippen LogP contribution in [0.3, 0.4) is 0 Å². The summed E-state index contributed by atoms with van der Waals surface area (Å²) in [6, 6.07) is 19.2. The second-order valence-electron chi connectivity index (χ2n) is 7.06. The maximum Gasteiger partial charge on any atom is 0.251 e. The topological polar surface area (TPSA) is 89.7 Å². The molecule has 0 bridgehead atoms. The van der Waals surface area contributed by atoms with Crippen LogP contribution >= 0.6 is 0 Å². The molecule has 5 nitrogen and oxygen atoms in total. The molecule has 29 heavy (non-hydrogen) atoms. The molecule has 0 aliphatic heterocycles. The summed E-state index contributed by atoms with van der Waals surface area (Å²) in [6.07, 6.45) is 1.82. The van der Waals surface area contributed by atoms with E-state index in [0.29, 0.717) is 37.2 Å². The highest BCUT2D eigenvalue weighted by Crippen LogP contribution is 2.33. The number of nitrogens with zero attached hydrogens (tertiary/aromatic N) is 2. The third kappa shape index (κ3) is 4.15. The molecule has 0 radical (unpaired) electrons. The zero-order chi connectivity index (χ0) is 20.9. The summed E-state index contributed by atoms with van der Waals surface area (Å²) in [7, 11) is 0. The Bertz CT molecular complexity index is 1150. The molecule has 3 aromatic rings. The number of ether oxygens (including phenoxy) is 1. The van der Waals surface area contributed by atoms with Gasteiger partial charge in [0, 0.05) is 17.5 Å². The van der Waals surface area contributed by atoms with Crippen LogP contribution in [0.25, 0.3) is 10.9 Å². The second-order valence-corrected chi connectivity index (χ2v) is 7.06. The number of aromatic nitrogens is 1. The van der Waals surface area contributed by atoms with E-state index in [1.165, 1.54) is 0 Å². The van der Waals surface area contributed by atoms with E-state index < -0.39 is 5.41 Å². The van der Waals surface area contributed by atoms with E-state index in [2.05, 4.69) is 17.1 Å². The van der Waals surface area contributed by atoms with Crippen LogP contribution in [0.4, 0.5) is 0 Å². The molecule has 0 aliphatic carbocycles. The summed E-state index contributed by atoms with van der Waals surface area (Å²) in [6.45, 7) is 4.31. The second kappa shape index (κ2) is 8.63. The van der Waals surface area contributed by atoms with Crippen molar-refractivity contribution < 1.29 is 4.74 Å². The monoisotopic (exact) mass is 385 g/mol. The molecule has 5 heteroatoms. The van der Waals surface area contributed by atoms with E-state index in [9.17, 15) is 10.1 Å². The van der Waals surface area contributed by atoms with Gasteiger partial charge in [-0.25, -0.2) is 0 Å². The molecule has 0 saturated heterocycles. The Labute approximate surface area is 170 Å². The first-order valence-electron chi connectivity index (χ1n) is 9.76. The van der Waals surface area contributed by atoms with E-state index in [1.807, 2.05) is 38.1 Å². The molecule has 3 rings (SSSR count). The summed E-state index contributed by atoms with van der Waals surface area (Å²) in [5.41, 5.74) is 2.16. The molecule has 0 amide bonds. The van der Waals surface area contributed by atoms with Gasteiger partial charge in [-0.1, -0.05) is 26.0 Å². The summed E-state index contributed by atoms with van der Waals surface area (Å²) in [4.78, 5) is 15.1. The molecule has 1 unspecified atom stereocenters. The Morgan fingerprint density at radius 3 is 2.45 bits per heavy atom. The van der Waals surface area contributed by atoms with Gasteiger partial charge in [0.15, 0.2) is 0 Å². The van der Waals surface area contributed by atoms with Crippen LogP contribution in [0.2, 0.25) is 0 Å². The standard InChI is InChI=1S/C24H23N3O2/c1-3-18-13-19-7-8-20(14-22(19)27-23(18)28)24(4-2,16-26)11-12-29-21-9-5-17(15-25)6-10-21/h5-10,13-14H,3-4,11-12H2,1-2H3,(H,27,28). The van der Waals surface area contributed by atoms with Crippen molar-refractivity contribution in [3.05, 3.63) is 75.6 Å². The summed E-state index contributed by atoms with van der Waals surface area (Å²) in [5, 5.41) is 19.8. The van der Waals surface area contributed by atoms with Crippen LogP contribution in [0.15, 0.2) is 53.3 Å². The predicted molar refractivity (Wildman–Crippen MR) is 113 cm³/mol. The molecule has 1 aromatic heterocycles. The Balaban J connectivity index is 1.84. The van der Waals surface area contributed by atoms with Crippen molar-refractivity contribution in [2.45, 2.75) is 38.5 Å². The molecule has 1 N–H and O–H groups in total. The van der Waals surface area contributed by atoms with Gasteiger partial charge in [0.2, 0.25) is 0 Å². The minimum Gasteiger partial charge on any atom is -0.494 e. The number of pyridine rings is 1. The lowest BCUT2D eigenvalue weighted by Gasteiger charge is -2.26. The minimum atomic E-state index is -0.707. The number of nitriles is 2. The van der Waals surface area contributed by atoms with Gasteiger partial charge in [-0.3, -0.25) is 4.79 Å². The van der Waals surface area contributed by atoms with Gasteiger partial charge in [-0.05, 0) is 60.2 Å². The van der Waals surface area contributed by atoms with Crippen LogP contribution in [-0.4, -0.2) is 11.6 Å². The maximum absolute atomic E-state index is 12.2. The molecule has 146 valence electrons. The first kappa shape index (κ1) is 20.2. The third-order valence-electron chi connectivity index (χ3n) is 5.45. The van der Waals surface area contributed by atoms with Crippen molar-refractivity contribution in [3.8, 4) is 17.9 Å². The van der Waals surface area contributed by atoms with Crippen LogP contribution in [0.1, 0.15) is 43.4 Å². The molecule has 0 fully saturated rings. The zero-order valence-corrected chi connectivity index (χ0v) is 16.7. The van der Waals surface area contributed by atoms with Crippen LogP contribution in [0.5, 0.6) is 5.75 Å². The number of fused-ring (bicyclic) bond motifs is 1. The Morgan fingerprint density at radius 1 is 1.07 bits per heavy atom. The summed E-state index contributed by atoms with van der Waals surface area (Å²) < 4.78 is 5.80.